The molecule has 37 heavy (non-hydrogen) atoms. The van der Waals surface area contributed by atoms with Gasteiger partial charge >= 0.3 is 12.1 Å². The van der Waals surface area contributed by atoms with Gasteiger partial charge in [-0.05, 0) is 24.3 Å². The standard InChI is InChI=1S/C23H16F5N5O4/c24-22(25)7-9-32(20(34)18-29-11-14-5-3-8-30-33(14)18)12-17(22)37-19-16(36-21(35)23(26,27)28)10-13-4-1-2-6-15(13)31-19/h1-6,8,10-11,17H,7,9,12H2/t17-/m0/s1. The molecule has 0 bridgehead atoms. The summed E-state index contributed by atoms with van der Waals surface area (Å²) in [6.07, 6.45) is -5.33. The fourth-order valence-electron chi connectivity index (χ4n) is 3.83. The van der Waals surface area contributed by atoms with Gasteiger partial charge in [0, 0.05) is 24.5 Å². The van der Waals surface area contributed by atoms with Crippen molar-refractivity contribution in [2.24, 2.45) is 0 Å². The van der Waals surface area contributed by atoms with E-state index in [1.165, 1.54) is 29.0 Å². The first kappa shape index (κ1) is 24.3. The number of rotatable bonds is 4. The third kappa shape index (κ3) is 4.73. The van der Waals surface area contributed by atoms with Gasteiger partial charge in [-0.15, -0.1) is 0 Å². The number of piperidine rings is 1. The lowest BCUT2D eigenvalue weighted by atomic mass is 10.0. The van der Waals surface area contributed by atoms with Crippen molar-refractivity contribution in [3.05, 3.63) is 60.7 Å². The maximum atomic E-state index is 14.9. The first-order chi connectivity index (χ1) is 17.5. The number of hydrogen-bond acceptors (Lipinski definition) is 7. The number of pyridine rings is 1. The highest BCUT2D eigenvalue weighted by molar-refractivity contribution is 5.91. The Morgan fingerprint density at radius 2 is 1.89 bits per heavy atom. The number of alkyl halides is 5. The number of nitrogens with zero attached hydrogens (tertiary/aromatic N) is 5. The minimum Gasteiger partial charge on any atom is -0.463 e. The van der Waals surface area contributed by atoms with Crippen LogP contribution < -0.4 is 9.47 Å². The summed E-state index contributed by atoms with van der Waals surface area (Å²) in [4.78, 5) is 33.7. The van der Waals surface area contributed by atoms with E-state index in [2.05, 4.69) is 19.8 Å². The van der Waals surface area contributed by atoms with Crippen LogP contribution in [0.4, 0.5) is 22.0 Å². The monoisotopic (exact) mass is 521 g/mol. The van der Waals surface area contributed by atoms with E-state index in [9.17, 15) is 31.5 Å². The molecule has 1 atom stereocenters. The second-order valence-corrected chi connectivity index (χ2v) is 8.18. The fraction of sp³-hybridized carbons (Fsp3) is 0.261. The fourth-order valence-corrected chi connectivity index (χ4v) is 3.83. The topological polar surface area (TPSA) is 98.9 Å². The molecule has 1 aliphatic rings. The number of carbonyl (C=O) groups is 2. The van der Waals surface area contributed by atoms with Crippen LogP contribution in [0.3, 0.4) is 0 Å². The van der Waals surface area contributed by atoms with E-state index in [1.54, 1.807) is 24.3 Å². The number of likely N-dealkylation sites (tertiary alicyclic amines) is 1. The molecule has 1 aliphatic heterocycles. The van der Waals surface area contributed by atoms with Gasteiger partial charge in [0.2, 0.25) is 5.82 Å². The third-order valence-corrected chi connectivity index (χ3v) is 5.69. The Morgan fingerprint density at radius 1 is 1.11 bits per heavy atom. The molecule has 5 rings (SSSR count). The van der Waals surface area contributed by atoms with E-state index in [0.29, 0.717) is 5.52 Å². The molecule has 1 fully saturated rings. The van der Waals surface area contributed by atoms with Crippen molar-refractivity contribution >= 4 is 28.3 Å². The summed E-state index contributed by atoms with van der Waals surface area (Å²) < 4.78 is 79.3. The van der Waals surface area contributed by atoms with Crippen molar-refractivity contribution in [2.45, 2.75) is 24.6 Å². The normalized spacial score (nSPS) is 17.6. The highest BCUT2D eigenvalue weighted by Gasteiger charge is 2.48. The maximum absolute atomic E-state index is 14.9. The number of fused-ring (bicyclic) bond motifs is 2. The Balaban J connectivity index is 1.46. The highest BCUT2D eigenvalue weighted by atomic mass is 19.4. The van der Waals surface area contributed by atoms with E-state index in [4.69, 9.17) is 4.74 Å². The second-order valence-electron chi connectivity index (χ2n) is 8.18. The summed E-state index contributed by atoms with van der Waals surface area (Å²) in [6, 6.07) is 10.4. The summed E-state index contributed by atoms with van der Waals surface area (Å²) >= 11 is 0. The summed E-state index contributed by atoms with van der Waals surface area (Å²) in [7, 11) is 0. The zero-order valence-electron chi connectivity index (χ0n) is 18.7. The van der Waals surface area contributed by atoms with Gasteiger partial charge in [-0.3, -0.25) is 4.79 Å². The molecule has 1 saturated heterocycles. The van der Waals surface area contributed by atoms with Crippen molar-refractivity contribution in [3.63, 3.8) is 0 Å². The van der Waals surface area contributed by atoms with Crippen LogP contribution in [0.15, 0.2) is 54.9 Å². The van der Waals surface area contributed by atoms with E-state index in [0.717, 1.165) is 11.0 Å². The Morgan fingerprint density at radius 3 is 2.68 bits per heavy atom. The van der Waals surface area contributed by atoms with Crippen LogP contribution in [-0.2, 0) is 4.79 Å². The predicted molar refractivity (Wildman–Crippen MR) is 116 cm³/mol. The number of aromatic nitrogens is 4. The average Bonchev–Trinajstić information content (AvgIpc) is 3.28. The molecule has 0 saturated carbocycles. The van der Waals surface area contributed by atoms with Crippen LogP contribution in [0.5, 0.6) is 11.6 Å². The molecule has 4 heterocycles. The SMILES string of the molecule is O=C(c1ncc2cccnn12)N1CCC(F)(F)[C@@H](Oc2nc3ccccc3cc2OC(=O)C(F)(F)F)C1. The van der Waals surface area contributed by atoms with E-state index < -0.39 is 54.7 Å². The lowest BCUT2D eigenvalue weighted by molar-refractivity contribution is -0.190. The Hall–Kier alpha value is -4.36. The molecule has 0 aliphatic carbocycles. The number of benzene rings is 1. The molecule has 3 aromatic heterocycles. The largest absolute Gasteiger partial charge is 0.491 e. The van der Waals surface area contributed by atoms with Crippen LogP contribution in [0.25, 0.3) is 16.4 Å². The average molecular weight is 521 g/mol. The lowest BCUT2D eigenvalue weighted by Crippen LogP contribution is -2.55. The number of carbonyl (C=O) groups excluding carboxylic acids is 2. The third-order valence-electron chi connectivity index (χ3n) is 5.69. The minimum absolute atomic E-state index is 0.108. The lowest BCUT2D eigenvalue weighted by Gasteiger charge is -2.37. The van der Waals surface area contributed by atoms with E-state index >= 15 is 0 Å². The Kier molecular flexibility index (Phi) is 5.88. The van der Waals surface area contributed by atoms with Crippen molar-refractivity contribution in [1.29, 1.82) is 0 Å². The Labute approximate surface area is 204 Å². The van der Waals surface area contributed by atoms with Crippen molar-refractivity contribution in [2.75, 3.05) is 13.1 Å². The minimum atomic E-state index is -5.35. The number of ether oxygens (including phenoxy) is 2. The van der Waals surface area contributed by atoms with Crippen molar-refractivity contribution < 1.29 is 41.0 Å². The van der Waals surface area contributed by atoms with Crippen LogP contribution in [-0.4, -0.2) is 67.7 Å². The molecule has 14 heteroatoms. The zero-order chi connectivity index (χ0) is 26.4. The maximum Gasteiger partial charge on any atom is 0.491 e. The van der Waals surface area contributed by atoms with Crippen molar-refractivity contribution in [1.82, 2.24) is 24.5 Å². The Bertz CT molecular complexity index is 1510. The van der Waals surface area contributed by atoms with Gasteiger partial charge in [-0.1, -0.05) is 18.2 Å². The molecule has 9 nitrogen and oxygen atoms in total. The summed E-state index contributed by atoms with van der Waals surface area (Å²) in [5.41, 5.74) is 0.712. The summed E-state index contributed by atoms with van der Waals surface area (Å²) in [5, 5.41) is 4.32. The summed E-state index contributed by atoms with van der Waals surface area (Å²) in [5.74, 6) is -8.39. The molecule has 0 spiro atoms. The number of imidazole rings is 1. The highest BCUT2D eigenvalue weighted by Crippen LogP contribution is 2.37. The smallest absolute Gasteiger partial charge is 0.463 e. The van der Waals surface area contributed by atoms with Gasteiger partial charge in [-0.25, -0.2) is 28.1 Å². The number of halogens is 5. The van der Waals surface area contributed by atoms with Gasteiger partial charge in [-0.2, -0.15) is 18.3 Å². The number of amides is 1. The second kappa shape index (κ2) is 8.94. The first-order valence-electron chi connectivity index (χ1n) is 10.8. The number of esters is 1. The van der Waals surface area contributed by atoms with Crippen LogP contribution in [0.2, 0.25) is 0 Å². The molecule has 1 aromatic carbocycles. The molecule has 0 radical (unpaired) electrons. The quantitative estimate of drug-likeness (QED) is 0.299. The molecule has 4 aromatic rings. The molecule has 0 unspecified atom stereocenters. The van der Waals surface area contributed by atoms with E-state index in [1.807, 2.05) is 0 Å². The molecule has 192 valence electrons. The van der Waals surface area contributed by atoms with Crippen LogP contribution in [0.1, 0.15) is 17.0 Å². The number of para-hydroxylation sites is 1. The predicted octanol–water partition coefficient (Wildman–Crippen LogP) is 3.67. The molecular weight excluding hydrogens is 505 g/mol. The summed E-state index contributed by atoms with van der Waals surface area (Å²) in [6.45, 7) is -0.983. The van der Waals surface area contributed by atoms with Crippen LogP contribution >= 0.6 is 0 Å². The van der Waals surface area contributed by atoms with Crippen molar-refractivity contribution in [3.8, 4) is 11.6 Å². The zero-order valence-corrected chi connectivity index (χ0v) is 18.7. The first-order valence-corrected chi connectivity index (χ1v) is 10.8. The van der Waals surface area contributed by atoms with Gasteiger partial charge < -0.3 is 14.4 Å². The van der Waals surface area contributed by atoms with Gasteiger partial charge in [0.25, 0.3) is 17.7 Å². The van der Waals surface area contributed by atoms with Gasteiger partial charge in [0.15, 0.2) is 11.9 Å². The number of hydrogen-bond donors (Lipinski definition) is 0. The molecule has 0 N–H and O–H groups in total. The van der Waals surface area contributed by atoms with Crippen LogP contribution in [0, 0.1) is 0 Å². The molecule has 1 amide bonds. The molecular formula is C23H16F5N5O4. The van der Waals surface area contributed by atoms with Gasteiger partial charge in [0.05, 0.1) is 23.8 Å². The van der Waals surface area contributed by atoms with E-state index in [-0.39, 0.29) is 23.3 Å². The van der Waals surface area contributed by atoms with Gasteiger partial charge in [0.1, 0.15) is 0 Å².